The maximum atomic E-state index is 12.5. The number of nitrogens with one attached hydrogen (secondary N) is 2. The molecule has 30 heavy (non-hydrogen) atoms. The van der Waals surface area contributed by atoms with Crippen LogP contribution in [-0.2, 0) is 6.42 Å². The molecule has 1 unspecified atom stereocenters. The lowest BCUT2D eigenvalue weighted by molar-refractivity contribution is 0.0949. The lowest BCUT2D eigenvalue weighted by atomic mass is 9.95. The first-order valence-electron chi connectivity index (χ1n) is 9.60. The highest BCUT2D eigenvalue weighted by atomic mass is 35.5. The average Bonchev–Trinajstić information content (AvgIpc) is 3.11. The van der Waals surface area contributed by atoms with E-state index in [1.165, 1.54) is 0 Å². The summed E-state index contributed by atoms with van der Waals surface area (Å²) in [4.78, 5) is 29.5. The second kappa shape index (κ2) is 10.9. The molecule has 1 atom stereocenters. The number of amides is 1. The van der Waals surface area contributed by atoms with Crippen LogP contribution in [-0.4, -0.2) is 30.5 Å². The zero-order valence-electron chi connectivity index (χ0n) is 16.6. The highest BCUT2D eigenvalue weighted by Gasteiger charge is 2.22. The van der Waals surface area contributed by atoms with Crippen molar-refractivity contribution in [3.05, 3.63) is 62.6 Å². The number of carbonyl (C=O) groups is 1. The Morgan fingerprint density at radius 1 is 1.33 bits per heavy atom. The summed E-state index contributed by atoms with van der Waals surface area (Å²) in [5, 5.41) is 7.11. The predicted molar refractivity (Wildman–Crippen MR) is 125 cm³/mol. The van der Waals surface area contributed by atoms with Gasteiger partial charge in [0.2, 0.25) is 0 Å². The first-order valence-corrected chi connectivity index (χ1v) is 10.4. The van der Waals surface area contributed by atoms with Crippen molar-refractivity contribution in [3.8, 4) is 0 Å². The van der Waals surface area contributed by atoms with Crippen LogP contribution in [0.4, 0.5) is 0 Å². The van der Waals surface area contributed by atoms with E-state index in [0.717, 1.165) is 41.2 Å². The summed E-state index contributed by atoms with van der Waals surface area (Å²) in [6, 6.07) is 9.80. The van der Waals surface area contributed by atoms with Crippen molar-refractivity contribution in [2.45, 2.75) is 32.1 Å². The summed E-state index contributed by atoms with van der Waals surface area (Å²) in [7, 11) is 0. The van der Waals surface area contributed by atoms with E-state index in [0.29, 0.717) is 24.3 Å². The molecule has 2 aromatic heterocycles. The van der Waals surface area contributed by atoms with Crippen LogP contribution < -0.4 is 16.3 Å². The summed E-state index contributed by atoms with van der Waals surface area (Å²) in [5.74, 6) is 0.470. The number of thiazole rings is 1. The number of piperidine rings is 1. The third-order valence-corrected chi connectivity index (χ3v) is 6.15. The van der Waals surface area contributed by atoms with E-state index in [1.54, 1.807) is 18.3 Å². The van der Waals surface area contributed by atoms with E-state index < -0.39 is 5.63 Å². The summed E-state index contributed by atoms with van der Waals surface area (Å²) >= 11 is 1.62. The number of benzene rings is 1. The second-order valence-corrected chi connectivity index (χ2v) is 8.23. The smallest absolute Gasteiger partial charge is 0.349 e. The number of para-hydroxylation sites is 1. The highest BCUT2D eigenvalue weighted by molar-refractivity contribution is 7.18. The molecule has 0 radical (unpaired) electrons. The van der Waals surface area contributed by atoms with Crippen LogP contribution in [0.15, 0.2) is 39.5 Å². The molecule has 1 aromatic carbocycles. The van der Waals surface area contributed by atoms with Crippen LogP contribution in [0.5, 0.6) is 0 Å². The van der Waals surface area contributed by atoms with Gasteiger partial charge in [0.15, 0.2) is 0 Å². The van der Waals surface area contributed by atoms with Gasteiger partial charge in [-0.1, -0.05) is 12.1 Å². The fourth-order valence-corrected chi connectivity index (χ4v) is 4.57. The van der Waals surface area contributed by atoms with Gasteiger partial charge in [0.25, 0.3) is 5.91 Å². The van der Waals surface area contributed by atoms with Crippen molar-refractivity contribution in [2.75, 3.05) is 19.6 Å². The SMILES string of the molecule is Cc1cc(C2CCCNC2)oc(=O)c1C(=O)NCCc1nc2ccccc2s1.Cl.Cl. The molecule has 1 aliphatic rings. The van der Waals surface area contributed by atoms with E-state index in [4.69, 9.17) is 4.42 Å². The molecule has 0 aliphatic carbocycles. The first kappa shape index (κ1) is 24.3. The van der Waals surface area contributed by atoms with Crippen LogP contribution in [0.1, 0.15) is 45.4 Å². The summed E-state index contributed by atoms with van der Waals surface area (Å²) in [6.45, 7) is 4.01. The molecule has 9 heteroatoms. The number of fused-ring (bicyclic) bond motifs is 1. The van der Waals surface area contributed by atoms with Crippen molar-refractivity contribution < 1.29 is 9.21 Å². The van der Waals surface area contributed by atoms with Gasteiger partial charge >= 0.3 is 5.63 Å². The number of nitrogens with zero attached hydrogens (tertiary/aromatic N) is 1. The lowest BCUT2D eigenvalue weighted by Gasteiger charge is -2.22. The molecule has 3 heterocycles. The number of hydrogen-bond donors (Lipinski definition) is 2. The van der Waals surface area contributed by atoms with Gasteiger partial charge < -0.3 is 15.1 Å². The Kier molecular flexibility index (Phi) is 8.85. The Hall–Kier alpha value is -1.93. The molecule has 6 nitrogen and oxygen atoms in total. The Morgan fingerprint density at radius 3 is 2.83 bits per heavy atom. The van der Waals surface area contributed by atoms with Crippen molar-refractivity contribution in [3.63, 3.8) is 0 Å². The van der Waals surface area contributed by atoms with Gasteiger partial charge in [0.05, 0.1) is 15.2 Å². The van der Waals surface area contributed by atoms with Gasteiger partial charge in [-0.05, 0) is 50.1 Å². The van der Waals surface area contributed by atoms with Crippen LogP contribution in [0.2, 0.25) is 0 Å². The minimum Gasteiger partial charge on any atom is -0.427 e. The molecule has 1 amide bonds. The third-order valence-electron chi connectivity index (χ3n) is 5.06. The quantitative estimate of drug-likeness (QED) is 0.592. The Morgan fingerprint density at radius 2 is 2.13 bits per heavy atom. The minimum absolute atomic E-state index is 0. The molecule has 0 spiro atoms. The topological polar surface area (TPSA) is 84.2 Å². The van der Waals surface area contributed by atoms with Gasteiger partial charge in [-0.2, -0.15) is 0 Å². The lowest BCUT2D eigenvalue weighted by Crippen LogP contribution is -2.32. The molecule has 0 saturated carbocycles. The van der Waals surface area contributed by atoms with E-state index in [-0.39, 0.29) is 42.2 Å². The molecule has 3 aromatic rings. The molecule has 4 rings (SSSR count). The van der Waals surface area contributed by atoms with Crippen molar-refractivity contribution in [1.29, 1.82) is 0 Å². The Labute approximate surface area is 191 Å². The average molecular weight is 470 g/mol. The Bertz CT molecular complexity index is 1030. The van der Waals surface area contributed by atoms with Gasteiger partial charge in [-0.25, -0.2) is 9.78 Å². The van der Waals surface area contributed by atoms with Gasteiger partial charge in [-0.15, -0.1) is 36.2 Å². The van der Waals surface area contributed by atoms with Crippen LogP contribution in [0.25, 0.3) is 10.2 Å². The fourth-order valence-electron chi connectivity index (χ4n) is 3.60. The van der Waals surface area contributed by atoms with Crippen LogP contribution >= 0.6 is 36.2 Å². The minimum atomic E-state index is -0.557. The summed E-state index contributed by atoms with van der Waals surface area (Å²) in [5.41, 5.74) is 1.17. The second-order valence-electron chi connectivity index (χ2n) is 7.12. The van der Waals surface area contributed by atoms with Crippen molar-refractivity contribution >= 4 is 52.3 Å². The maximum Gasteiger partial charge on any atom is 0.349 e. The Balaban J connectivity index is 0.00000160. The first-order chi connectivity index (χ1) is 13.6. The van der Waals surface area contributed by atoms with Gasteiger partial charge in [0, 0.05) is 25.4 Å². The highest BCUT2D eigenvalue weighted by Crippen LogP contribution is 2.24. The number of hydrogen-bond acceptors (Lipinski definition) is 6. The van der Waals surface area contributed by atoms with Gasteiger partial charge in [-0.3, -0.25) is 4.79 Å². The maximum absolute atomic E-state index is 12.5. The molecule has 1 aliphatic heterocycles. The van der Waals surface area contributed by atoms with E-state index >= 15 is 0 Å². The summed E-state index contributed by atoms with van der Waals surface area (Å²) < 4.78 is 6.62. The monoisotopic (exact) mass is 469 g/mol. The molecule has 1 saturated heterocycles. The van der Waals surface area contributed by atoms with Crippen molar-refractivity contribution in [1.82, 2.24) is 15.6 Å². The zero-order chi connectivity index (χ0) is 19.5. The molecule has 0 bridgehead atoms. The molecule has 162 valence electrons. The van der Waals surface area contributed by atoms with E-state index in [1.807, 2.05) is 30.3 Å². The molecular formula is C21H25Cl2N3O3S. The predicted octanol–water partition coefficient (Wildman–Crippen LogP) is 3.84. The largest absolute Gasteiger partial charge is 0.427 e. The van der Waals surface area contributed by atoms with Gasteiger partial charge in [0.1, 0.15) is 11.3 Å². The number of carbonyl (C=O) groups excluding carboxylic acids is 1. The number of halogens is 2. The molecule has 1 fully saturated rings. The van der Waals surface area contributed by atoms with E-state index in [9.17, 15) is 9.59 Å². The van der Waals surface area contributed by atoms with Crippen LogP contribution in [0, 0.1) is 6.92 Å². The third kappa shape index (κ3) is 5.40. The molecular weight excluding hydrogens is 445 g/mol. The fraction of sp³-hybridized carbons (Fsp3) is 0.381. The van der Waals surface area contributed by atoms with E-state index in [2.05, 4.69) is 15.6 Å². The summed E-state index contributed by atoms with van der Waals surface area (Å²) in [6.07, 6.45) is 2.67. The normalized spacial score (nSPS) is 15.8. The molecule has 2 N–H and O–H groups in total. The van der Waals surface area contributed by atoms with Crippen molar-refractivity contribution in [2.24, 2.45) is 0 Å². The zero-order valence-corrected chi connectivity index (χ0v) is 19.1. The number of aryl methyl sites for hydroxylation is 1. The number of rotatable bonds is 5. The standard InChI is InChI=1S/C21H23N3O3S.2ClH/c1-13-11-16(14-5-4-9-22-12-14)27-21(26)19(13)20(25)23-10-8-18-24-15-6-2-3-7-17(15)28-18;;/h2-3,6-7,11,14,22H,4-5,8-10,12H2,1H3,(H,23,25);2*1H. The van der Waals surface area contributed by atoms with Crippen LogP contribution in [0.3, 0.4) is 0 Å². The number of aromatic nitrogens is 1.